The molecule has 2 aromatic rings. The molecule has 0 aliphatic rings. The minimum Gasteiger partial charge on any atom is -0.371 e. The van der Waals surface area contributed by atoms with Gasteiger partial charge in [-0.3, -0.25) is 20.2 Å². The number of nitro benzene ring substituents is 2. The molecule has 118 valence electrons. The van der Waals surface area contributed by atoms with E-state index in [-0.39, 0.29) is 5.69 Å². The second-order valence-corrected chi connectivity index (χ2v) is 5.02. The molecule has 0 aromatic heterocycles. The lowest BCUT2D eigenvalue weighted by atomic mass is 10.1. The summed E-state index contributed by atoms with van der Waals surface area (Å²) < 4.78 is 0. The van der Waals surface area contributed by atoms with Crippen LogP contribution in [0.25, 0.3) is 12.2 Å². The Morgan fingerprint density at radius 3 is 2.09 bits per heavy atom. The average molecular weight is 313 g/mol. The fourth-order valence-electron chi connectivity index (χ4n) is 2.27. The summed E-state index contributed by atoms with van der Waals surface area (Å²) in [6, 6.07) is 12.1. The zero-order chi connectivity index (χ0) is 17.0. The summed E-state index contributed by atoms with van der Waals surface area (Å²) in [7, 11) is 3.23. The van der Waals surface area contributed by atoms with Crippen LogP contribution < -0.4 is 4.90 Å². The lowest BCUT2D eigenvalue weighted by Crippen LogP contribution is -2.13. The molecule has 0 heterocycles. The van der Waals surface area contributed by atoms with Crippen LogP contribution in [0.2, 0.25) is 0 Å². The molecule has 0 spiro atoms. The van der Waals surface area contributed by atoms with Crippen LogP contribution in [0.15, 0.2) is 42.5 Å². The van der Waals surface area contributed by atoms with E-state index in [1.807, 2.05) is 30.3 Å². The fraction of sp³-hybridized carbons (Fsp3) is 0.125. The van der Waals surface area contributed by atoms with Gasteiger partial charge >= 0.3 is 11.4 Å². The van der Waals surface area contributed by atoms with Crippen LogP contribution in [-0.2, 0) is 0 Å². The molecule has 2 rings (SSSR count). The van der Waals surface area contributed by atoms with Crippen molar-refractivity contribution in [2.75, 3.05) is 19.0 Å². The molecule has 0 atom stereocenters. The third-order valence-electron chi connectivity index (χ3n) is 3.24. The van der Waals surface area contributed by atoms with Crippen molar-refractivity contribution in [2.24, 2.45) is 0 Å². The molecule has 0 aliphatic carbocycles. The first-order chi connectivity index (χ1) is 10.9. The fourth-order valence-corrected chi connectivity index (χ4v) is 2.27. The number of rotatable bonds is 5. The highest BCUT2D eigenvalue weighted by molar-refractivity contribution is 5.85. The third-order valence-corrected chi connectivity index (χ3v) is 3.24. The van der Waals surface area contributed by atoms with Gasteiger partial charge in [0.25, 0.3) is 0 Å². The van der Waals surface area contributed by atoms with Gasteiger partial charge in [-0.25, -0.2) is 0 Å². The maximum atomic E-state index is 11.3. The molecule has 0 saturated carbocycles. The summed E-state index contributed by atoms with van der Waals surface area (Å²) in [6.45, 7) is 0. The van der Waals surface area contributed by atoms with Gasteiger partial charge in [-0.2, -0.15) is 0 Å². The van der Waals surface area contributed by atoms with Crippen LogP contribution in [0.5, 0.6) is 0 Å². The maximum Gasteiger partial charge on any atom is 0.369 e. The lowest BCUT2D eigenvalue weighted by Gasteiger charge is -2.15. The Morgan fingerprint density at radius 1 is 0.913 bits per heavy atom. The Kier molecular flexibility index (Phi) is 4.70. The minimum absolute atomic E-state index is 0.205. The first-order valence-electron chi connectivity index (χ1n) is 6.78. The highest BCUT2D eigenvalue weighted by atomic mass is 16.6. The monoisotopic (exact) mass is 313 g/mol. The van der Waals surface area contributed by atoms with Crippen LogP contribution in [0.1, 0.15) is 11.1 Å². The molecule has 0 amide bonds. The molecule has 0 aliphatic heterocycles. The molecule has 0 fully saturated rings. The van der Waals surface area contributed by atoms with Gasteiger partial charge in [0.2, 0.25) is 0 Å². The van der Waals surface area contributed by atoms with Gasteiger partial charge in [-0.15, -0.1) is 0 Å². The van der Waals surface area contributed by atoms with Crippen LogP contribution in [0.4, 0.5) is 17.1 Å². The van der Waals surface area contributed by atoms with E-state index in [1.54, 1.807) is 26.2 Å². The highest BCUT2D eigenvalue weighted by Gasteiger charge is 2.31. The van der Waals surface area contributed by atoms with Crippen LogP contribution in [0.3, 0.4) is 0 Å². The van der Waals surface area contributed by atoms with Crippen molar-refractivity contribution in [3.05, 3.63) is 73.8 Å². The van der Waals surface area contributed by atoms with E-state index in [2.05, 4.69) is 0 Å². The SMILES string of the molecule is CN(C)c1c(C=Cc2ccccc2)ccc([N+](=O)[O-])c1[N+](=O)[O-]. The van der Waals surface area contributed by atoms with Gasteiger partial charge in [0.15, 0.2) is 0 Å². The Labute approximate surface area is 132 Å². The lowest BCUT2D eigenvalue weighted by molar-refractivity contribution is -0.422. The zero-order valence-electron chi connectivity index (χ0n) is 12.7. The molecular weight excluding hydrogens is 298 g/mol. The van der Waals surface area contributed by atoms with Crippen molar-refractivity contribution in [3.63, 3.8) is 0 Å². The van der Waals surface area contributed by atoms with E-state index in [0.29, 0.717) is 5.56 Å². The standard InChI is InChI=1S/C16H15N3O4/c1-17(2)15-13(9-8-12-6-4-3-5-7-12)10-11-14(18(20)21)16(15)19(22)23/h3-11H,1-2H3. The number of hydrogen-bond donors (Lipinski definition) is 0. The predicted molar refractivity (Wildman–Crippen MR) is 89.4 cm³/mol. The van der Waals surface area contributed by atoms with E-state index in [0.717, 1.165) is 11.6 Å². The Balaban J connectivity index is 2.60. The van der Waals surface area contributed by atoms with Gasteiger partial charge in [0.05, 0.1) is 9.85 Å². The quantitative estimate of drug-likeness (QED) is 0.476. The third kappa shape index (κ3) is 3.52. The molecular formula is C16H15N3O4. The van der Waals surface area contributed by atoms with Gasteiger partial charge in [0.1, 0.15) is 5.69 Å². The van der Waals surface area contributed by atoms with Crippen LogP contribution in [0, 0.1) is 20.2 Å². The van der Waals surface area contributed by atoms with Crippen molar-refractivity contribution in [1.82, 2.24) is 0 Å². The first kappa shape index (κ1) is 16.2. The van der Waals surface area contributed by atoms with Gasteiger partial charge in [0, 0.05) is 25.7 Å². The molecule has 0 unspecified atom stereocenters. The van der Waals surface area contributed by atoms with E-state index >= 15 is 0 Å². The van der Waals surface area contributed by atoms with Crippen molar-refractivity contribution in [1.29, 1.82) is 0 Å². The summed E-state index contributed by atoms with van der Waals surface area (Å²) in [5.74, 6) is 0. The topological polar surface area (TPSA) is 89.5 Å². The van der Waals surface area contributed by atoms with E-state index < -0.39 is 21.2 Å². The van der Waals surface area contributed by atoms with Crippen LogP contribution >= 0.6 is 0 Å². The molecule has 0 saturated heterocycles. The summed E-state index contributed by atoms with van der Waals surface area (Å²) >= 11 is 0. The van der Waals surface area contributed by atoms with E-state index in [9.17, 15) is 20.2 Å². The summed E-state index contributed by atoms with van der Waals surface area (Å²) in [5, 5.41) is 22.4. The zero-order valence-corrected chi connectivity index (χ0v) is 12.7. The molecule has 0 N–H and O–H groups in total. The summed E-state index contributed by atoms with van der Waals surface area (Å²) in [6.07, 6.45) is 3.51. The number of benzene rings is 2. The molecule has 23 heavy (non-hydrogen) atoms. The molecule has 0 radical (unpaired) electrons. The van der Waals surface area contributed by atoms with Crippen LogP contribution in [-0.4, -0.2) is 23.9 Å². The Hall–Kier alpha value is -3.22. The minimum atomic E-state index is -0.740. The number of nitrogens with zero attached hydrogens (tertiary/aromatic N) is 3. The largest absolute Gasteiger partial charge is 0.371 e. The Bertz CT molecular complexity index is 770. The number of hydrogen-bond acceptors (Lipinski definition) is 5. The second kappa shape index (κ2) is 6.69. The molecule has 7 nitrogen and oxygen atoms in total. The van der Waals surface area contributed by atoms with Crippen molar-refractivity contribution in [2.45, 2.75) is 0 Å². The number of anilines is 1. The summed E-state index contributed by atoms with van der Waals surface area (Å²) in [4.78, 5) is 22.4. The van der Waals surface area contributed by atoms with E-state index in [1.165, 1.54) is 11.0 Å². The van der Waals surface area contributed by atoms with Crippen molar-refractivity contribution >= 4 is 29.2 Å². The Morgan fingerprint density at radius 2 is 1.57 bits per heavy atom. The van der Waals surface area contributed by atoms with E-state index in [4.69, 9.17) is 0 Å². The smallest absolute Gasteiger partial charge is 0.369 e. The average Bonchev–Trinajstić information content (AvgIpc) is 2.52. The molecule has 7 heteroatoms. The second-order valence-electron chi connectivity index (χ2n) is 5.02. The maximum absolute atomic E-state index is 11.3. The normalized spacial score (nSPS) is 10.7. The van der Waals surface area contributed by atoms with Gasteiger partial charge in [-0.1, -0.05) is 42.5 Å². The predicted octanol–water partition coefficient (Wildman–Crippen LogP) is 3.74. The highest BCUT2D eigenvalue weighted by Crippen LogP contribution is 2.39. The van der Waals surface area contributed by atoms with Gasteiger partial charge in [-0.05, 0) is 11.6 Å². The van der Waals surface area contributed by atoms with Gasteiger partial charge < -0.3 is 4.90 Å². The molecule has 0 bridgehead atoms. The van der Waals surface area contributed by atoms with Crippen molar-refractivity contribution < 1.29 is 9.85 Å². The van der Waals surface area contributed by atoms with Crippen molar-refractivity contribution in [3.8, 4) is 0 Å². The first-order valence-corrected chi connectivity index (χ1v) is 6.78. The summed E-state index contributed by atoms with van der Waals surface area (Å²) in [5.41, 5.74) is 0.650. The number of nitro groups is 2. The molecule has 2 aromatic carbocycles.